The van der Waals surface area contributed by atoms with E-state index in [2.05, 4.69) is 0 Å². The number of halogens is 2. The molecule has 7 heteroatoms. The van der Waals surface area contributed by atoms with Crippen molar-refractivity contribution in [2.24, 2.45) is 0 Å². The number of hydrogen-bond donors (Lipinski definition) is 0. The van der Waals surface area contributed by atoms with E-state index in [1.54, 1.807) is 12.1 Å². The minimum atomic E-state index is -1.53. The number of hydrogen-bond acceptors (Lipinski definition) is 4. The molecule has 1 aromatic rings. The van der Waals surface area contributed by atoms with Crippen molar-refractivity contribution in [3.8, 4) is 11.5 Å². The van der Waals surface area contributed by atoms with Crippen LogP contribution in [0.1, 0.15) is 10.4 Å². The third-order valence-corrected chi connectivity index (χ3v) is 6.31. The van der Waals surface area contributed by atoms with Gasteiger partial charge in [-0.1, -0.05) is 11.6 Å². The Morgan fingerprint density at radius 2 is 1.78 bits per heavy atom. The van der Waals surface area contributed by atoms with Crippen molar-refractivity contribution < 1.29 is 18.5 Å². The fourth-order valence-electron chi connectivity index (χ4n) is 1.65. The fraction of sp³-hybridized carbons (Fsp3) is 0.182. The van der Waals surface area contributed by atoms with E-state index >= 15 is 0 Å². The predicted molar refractivity (Wildman–Crippen MR) is 77.2 cm³/mol. The summed E-state index contributed by atoms with van der Waals surface area (Å²) in [6.07, 6.45) is 0. The summed E-state index contributed by atoms with van der Waals surface area (Å²) in [6, 6.07) is 3.21. The summed E-state index contributed by atoms with van der Waals surface area (Å²) in [6.45, 7) is 0. The van der Waals surface area contributed by atoms with E-state index in [9.17, 15) is 9.00 Å². The molecule has 0 N–H and O–H groups in total. The lowest BCUT2D eigenvalue weighted by Gasteiger charge is -2.19. The third kappa shape index (κ3) is 1.96. The molecule has 18 heavy (non-hydrogen) atoms. The van der Waals surface area contributed by atoms with E-state index in [4.69, 9.17) is 21.1 Å². The second-order valence-corrected chi connectivity index (χ2v) is 6.90. The number of Topliss-reactive ketones (excluding diaryl/α,β-unsaturated/α-hetero) is 1. The van der Waals surface area contributed by atoms with Crippen LogP contribution in [-0.2, 0) is 10.8 Å². The van der Waals surface area contributed by atoms with E-state index in [-0.39, 0.29) is 10.6 Å². The maximum Gasteiger partial charge on any atom is 0.211 e. The number of fused-ring (bicyclic) bond motifs is 1. The Morgan fingerprint density at radius 1 is 1.22 bits per heavy atom. The lowest BCUT2D eigenvalue weighted by Crippen LogP contribution is -2.15. The van der Waals surface area contributed by atoms with E-state index in [0.717, 1.165) is 0 Å². The van der Waals surface area contributed by atoms with Crippen molar-refractivity contribution in [2.45, 2.75) is 4.90 Å². The first kappa shape index (κ1) is 13.8. The Kier molecular flexibility index (Phi) is 3.98. The van der Waals surface area contributed by atoms with Crippen molar-refractivity contribution in [3.63, 3.8) is 0 Å². The number of ketones is 1. The fourth-order valence-corrected chi connectivity index (χ4v) is 4.00. The molecule has 0 saturated heterocycles. The second-order valence-electron chi connectivity index (χ2n) is 3.36. The van der Waals surface area contributed by atoms with Crippen molar-refractivity contribution in [1.82, 2.24) is 0 Å². The lowest BCUT2D eigenvalue weighted by atomic mass is 10.1. The number of carbonyl (C=O) groups is 1. The molecule has 1 heterocycles. The van der Waals surface area contributed by atoms with Crippen LogP contribution in [0.15, 0.2) is 25.0 Å². The molecule has 1 aliphatic rings. The van der Waals surface area contributed by atoms with E-state index in [1.807, 2.05) is 22.6 Å². The van der Waals surface area contributed by atoms with Crippen molar-refractivity contribution in [2.75, 3.05) is 14.2 Å². The number of rotatable bonds is 2. The average molecular weight is 399 g/mol. The van der Waals surface area contributed by atoms with Crippen LogP contribution in [0.3, 0.4) is 0 Å². The Bertz CT molecular complexity index is 546. The molecule has 4 nitrogen and oxygen atoms in total. The number of ether oxygens (including phenoxy) is 2. The van der Waals surface area contributed by atoms with Gasteiger partial charge in [0, 0.05) is 0 Å². The van der Waals surface area contributed by atoms with Crippen molar-refractivity contribution >= 4 is 50.8 Å². The Labute approximate surface area is 125 Å². The molecule has 0 aromatic heterocycles. The summed E-state index contributed by atoms with van der Waals surface area (Å²) in [5, 5.41) is -0.0343. The van der Waals surface area contributed by atoms with E-state index in [0.29, 0.717) is 19.3 Å². The molecular formula is C11H8ClIO4S. The molecule has 0 saturated carbocycles. The number of methoxy groups -OCH3 is 2. The maximum absolute atomic E-state index is 12.3. The lowest BCUT2D eigenvalue weighted by molar-refractivity contribution is 0.103. The molecule has 1 unspecified atom stereocenters. The van der Waals surface area contributed by atoms with Gasteiger partial charge in [0.15, 0.2) is 0 Å². The van der Waals surface area contributed by atoms with Gasteiger partial charge in [-0.15, -0.1) is 0 Å². The zero-order valence-corrected chi connectivity index (χ0v) is 13.2. The predicted octanol–water partition coefficient (Wildman–Crippen LogP) is 2.85. The smallest absolute Gasteiger partial charge is 0.211 e. The highest BCUT2D eigenvalue weighted by atomic mass is 127. The van der Waals surface area contributed by atoms with Gasteiger partial charge in [0.1, 0.15) is 24.3 Å². The van der Waals surface area contributed by atoms with Gasteiger partial charge in [0.05, 0.1) is 30.6 Å². The van der Waals surface area contributed by atoms with Crippen LogP contribution in [0, 0.1) is 0 Å². The maximum atomic E-state index is 12.3. The number of carbonyl (C=O) groups excluding carboxylic acids is 1. The van der Waals surface area contributed by atoms with Gasteiger partial charge >= 0.3 is 0 Å². The highest BCUT2D eigenvalue weighted by molar-refractivity contribution is 14.1. The zero-order chi connectivity index (χ0) is 13.4. The first-order valence-corrected chi connectivity index (χ1v) is 7.40. The van der Waals surface area contributed by atoms with Crippen LogP contribution in [0.5, 0.6) is 11.5 Å². The molecular weight excluding hydrogens is 391 g/mol. The Morgan fingerprint density at radius 3 is 2.33 bits per heavy atom. The first-order chi connectivity index (χ1) is 8.52. The largest absolute Gasteiger partial charge is 0.496 e. The molecule has 0 aliphatic carbocycles. The summed E-state index contributed by atoms with van der Waals surface area (Å²) in [5.74, 6) is 0.327. The van der Waals surface area contributed by atoms with Gasteiger partial charge in [-0.05, 0) is 34.7 Å². The quantitative estimate of drug-likeness (QED) is 0.719. The highest BCUT2D eigenvalue weighted by Crippen LogP contribution is 2.43. The highest BCUT2D eigenvalue weighted by Gasteiger charge is 2.34. The molecule has 96 valence electrons. The topological polar surface area (TPSA) is 52.6 Å². The van der Waals surface area contributed by atoms with Gasteiger partial charge in [-0.3, -0.25) is 4.79 Å². The van der Waals surface area contributed by atoms with E-state index in [1.165, 1.54) is 14.2 Å². The normalized spacial score (nSPS) is 18.7. The molecule has 0 radical (unpaired) electrons. The average Bonchev–Trinajstić information content (AvgIpc) is 2.40. The summed E-state index contributed by atoms with van der Waals surface area (Å²) in [7, 11) is 1.37. The minimum Gasteiger partial charge on any atom is -0.496 e. The second kappa shape index (κ2) is 5.18. The van der Waals surface area contributed by atoms with Gasteiger partial charge < -0.3 is 9.47 Å². The SMILES string of the molecule is COc1ccc(OC)c2c1C(=O)C(Cl)=C(I)S2=O. The molecule has 1 aliphatic heterocycles. The van der Waals surface area contributed by atoms with Crippen LogP contribution in [-0.4, -0.2) is 24.2 Å². The summed E-state index contributed by atoms with van der Waals surface area (Å²) >= 11 is 7.71. The monoisotopic (exact) mass is 398 g/mol. The van der Waals surface area contributed by atoms with Gasteiger partial charge in [0.2, 0.25) is 5.78 Å². The van der Waals surface area contributed by atoms with Crippen molar-refractivity contribution in [3.05, 3.63) is 25.6 Å². The molecule has 0 bridgehead atoms. The first-order valence-electron chi connectivity index (χ1n) is 4.79. The van der Waals surface area contributed by atoms with Crippen LogP contribution in [0.4, 0.5) is 0 Å². The van der Waals surface area contributed by atoms with Crippen LogP contribution < -0.4 is 9.47 Å². The summed E-state index contributed by atoms with van der Waals surface area (Å²) in [4.78, 5) is 12.5. The summed E-state index contributed by atoms with van der Waals surface area (Å²) < 4.78 is 22.9. The molecule has 1 atom stereocenters. The molecule has 0 fully saturated rings. The standard InChI is InChI=1S/C11H8ClIO4S/c1-16-5-3-4-6(17-2)10-7(5)9(14)8(12)11(13)18(10)15/h3-4H,1-2H3. The Hall–Kier alpha value is -0.600. The molecule has 0 spiro atoms. The van der Waals surface area contributed by atoms with E-state index < -0.39 is 16.6 Å². The molecule has 2 rings (SSSR count). The molecule has 1 aromatic carbocycles. The Balaban J connectivity index is 2.83. The van der Waals surface area contributed by atoms with Crippen LogP contribution in [0.25, 0.3) is 0 Å². The third-order valence-electron chi connectivity index (χ3n) is 2.47. The zero-order valence-electron chi connectivity index (χ0n) is 9.45. The van der Waals surface area contributed by atoms with Crippen molar-refractivity contribution in [1.29, 1.82) is 0 Å². The summed E-state index contributed by atoms with van der Waals surface area (Å²) in [5.41, 5.74) is 0.209. The van der Waals surface area contributed by atoms with Gasteiger partial charge in [0.25, 0.3) is 0 Å². The van der Waals surface area contributed by atoms with Gasteiger partial charge in [-0.25, -0.2) is 4.21 Å². The minimum absolute atomic E-state index is 0.0343. The van der Waals surface area contributed by atoms with Crippen LogP contribution >= 0.6 is 34.2 Å². The van der Waals surface area contributed by atoms with Crippen LogP contribution in [0.2, 0.25) is 0 Å². The number of benzene rings is 1. The number of allylic oxidation sites excluding steroid dienone is 1. The molecule has 0 amide bonds. The van der Waals surface area contributed by atoms with Gasteiger partial charge in [-0.2, -0.15) is 0 Å².